The standard InChI is InChI=1S/C6H6F5NO/c1-3(13)2-4(12)5(7,8)6(9,10)11/h2H,12H2,1H3/b4-2-. The molecule has 0 aliphatic carbocycles. The predicted molar refractivity (Wildman–Crippen MR) is 34.0 cm³/mol. The summed E-state index contributed by atoms with van der Waals surface area (Å²) in [6.45, 7) is 0.819. The Bertz CT molecular complexity index is 242. The lowest BCUT2D eigenvalue weighted by Gasteiger charge is -2.19. The first kappa shape index (κ1) is 11.9. The van der Waals surface area contributed by atoms with E-state index in [1.54, 1.807) is 0 Å². The van der Waals surface area contributed by atoms with E-state index in [9.17, 15) is 26.7 Å². The van der Waals surface area contributed by atoms with Crippen LogP contribution in [0.4, 0.5) is 22.0 Å². The van der Waals surface area contributed by atoms with Gasteiger partial charge in [-0.2, -0.15) is 22.0 Å². The Labute approximate surface area is 70.2 Å². The molecule has 0 saturated carbocycles. The molecule has 0 aliphatic rings. The summed E-state index contributed by atoms with van der Waals surface area (Å²) < 4.78 is 59.1. The molecule has 0 radical (unpaired) electrons. The third-order valence-corrected chi connectivity index (χ3v) is 1.08. The second-order valence-corrected chi connectivity index (χ2v) is 2.28. The van der Waals surface area contributed by atoms with E-state index in [0.29, 0.717) is 0 Å². The van der Waals surface area contributed by atoms with E-state index in [2.05, 4.69) is 5.73 Å². The highest BCUT2D eigenvalue weighted by molar-refractivity contribution is 5.88. The molecule has 0 aromatic carbocycles. The van der Waals surface area contributed by atoms with Crippen molar-refractivity contribution < 1.29 is 26.7 Å². The molecule has 0 rings (SSSR count). The molecule has 7 heteroatoms. The van der Waals surface area contributed by atoms with Gasteiger partial charge in [-0.25, -0.2) is 0 Å². The van der Waals surface area contributed by atoms with Crippen molar-refractivity contribution in [1.82, 2.24) is 0 Å². The van der Waals surface area contributed by atoms with Crippen molar-refractivity contribution in [2.45, 2.75) is 19.0 Å². The summed E-state index contributed by atoms with van der Waals surface area (Å²) in [6, 6.07) is 0. The summed E-state index contributed by atoms with van der Waals surface area (Å²) in [4.78, 5) is 10.2. The van der Waals surface area contributed by atoms with Crippen LogP contribution in [-0.2, 0) is 4.79 Å². The zero-order valence-corrected chi connectivity index (χ0v) is 6.45. The number of rotatable bonds is 2. The first-order valence-electron chi connectivity index (χ1n) is 3.02. The lowest BCUT2D eigenvalue weighted by molar-refractivity contribution is -0.264. The largest absolute Gasteiger partial charge is 0.459 e. The fourth-order valence-electron chi connectivity index (χ4n) is 0.473. The van der Waals surface area contributed by atoms with Gasteiger partial charge in [-0.15, -0.1) is 0 Å². The molecule has 0 amide bonds. The fraction of sp³-hybridized carbons (Fsp3) is 0.500. The minimum Gasteiger partial charge on any atom is -0.397 e. The summed E-state index contributed by atoms with van der Waals surface area (Å²) in [6.07, 6.45) is -5.73. The van der Waals surface area contributed by atoms with Gasteiger partial charge in [-0.05, 0) is 6.92 Å². The van der Waals surface area contributed by atoms with Crippen LogP contribution in [0.15, 0.2) is 11.8 Å². The smallest absolute Gasteiger partial charge is 0.397 e. The lowest BCUT2D eigenvalue weighted by Crippen LogP contribution is -2.41. The number of hydrogen-bond acceptors (Lipinski definition) is 2. The summed E-state index contributed by atoms with van der Waals surface area (Å²) in [5.41, 5.74) is 2.61. The Morgan fingerprint density at radius 2 is 1.62 bits per heavy atom. The molecule has 0 aromatic heterocycles. The van der Waals surface area contributed by atoms with Gasteiger partial charge in [0.2, 0.25) is 0 Å². The van der Waals surface area contributed by atoms with Gasteiger partial charge in [-0.3, -0.25) is 4.79 Å². The van der Waals surface area contributed by atoms with E-state index in [1.165, 1.54) is 0 Å². The van der Waals surface area contributed by atoms with E-state index in [-0.39, 0.29) is 6.08 Å². The van der Waals surface area contributed by atoms with Crippen molar-refractivity contribution in [3.63, 3.8) is 0 Å². The SMILES string of the molecule is CC(=O)/C=C(\N)C(F)(F)C(F)(F)F. The van der Waals surface area contributed by atoms with E-state index in [1.807, 2.05) is 0 Å². The third kappa shape index (κ3) is 2.67. The number of carbonyl (C=O) groups excluding carboxylic acids is 1. The molecule has 0 atom stereocenters. The molecule has 76 valence electrons. The Balaban J connectivity index is 4.95. The van der Waals surface area contributed by atoms with Gasteiger partial charge in [0, 0.05) is 6.08 Å². The second-order valence-electron chi connectivity index (χ2n) is 2.28. The topological polar surface area (TPSA) is 43.1 Å². The van der Waals surface area contributed by atoms with E-state index in [0.717, 1.165) is 6.92 Å². The minimum absolute atomic E-state index is 0.0491. The molecular weight excluding hydrogens is 197 g/mol. The van der Waals surface area contributed by atoms with E-state index >= 15 is 0 Å². The van der Waals surface area contributed by atoms with Crippen LogP contribution in [-0.4, -0.2) is 17.9 Å². The van der Waals surface area contributed by atoms with Gasteiger partial charge in [0.05, 0.1) is 5.70 Å². The molecule has 13 heavy (non-hydrogen) atoms. The summed E-state index contributed by atoms with van der Waals surface area (Å²) in [7, 11) is 0. The predicted octanol–water partition coefficient (Wildman–Crippen LogP) is 1.62. The normalized spacial score (nSPS) is 14.5. The van der Waals surface area contributed by atoms with E-state index < -0.39 is 23.6 Å². The molecule has 0 unspecified atom stereocenters. The maximum Gasteiger partial charge on any atom is 0.459 e. The van der Waals surface area contributed by atoms with Crippen molar-refractivity contribution in [2.24, 2.45) is 5.73 Å². The summed E-state index contributed by atoms with van der Waals surface area (Å²) >= 11 is 0. The Kier molecular flexibility index (Phi) is 3.02. The zero-order valence-electron chi connectivity index (χ0n) is 6.45. The Morgan fingerprint density at radius 3 is 1.85 bits per heavy atom. The van der Waals surface area contributed by atoms with Crippen molar-refractivity contribution in [2.75, 3.05) is 0 Å². The van der Waals surface area contributed by atoms with Crippen LogP contribution in [0.1, 0.15) is 6.92 Å². The molecule has 0 saturated heterocycles. The number of alkyl halides is 5. The average molecular weight is 203 g/mol. The zero-order chi connectivity index (χ0) is 10.9. The van der Waals surface area contributed by atoms with Gasteiger partial charge < -0.3 is 5.73 Å². The number of hydrogen-bond donors (Lipinski definition) is 1. The Morgan fingerprint density at radius 1 is 1.23 bits per heavy atom. The molecular formula is C6H6F5NO. The molecule has 0 aliphatic heterocycles. The molecule has 2 N–H and O–H groups in total. The van der Waals surface area contributed by atoms with Crippen molar-refractivity contribution >= 4 is 5.78 Å². The number of carbonyl (C=O) groups is 1. The van der Waals surface area contributed by atoms with Gasteiger partial charge in [0.25, 0.3) is 0 Å². The molecule has 0 fully saturated rings. The van der Waals surface area contributed by atoms with E-state index in [4.69, 9.17) is 0 Å². The molecule has 0 heterocycles. The summed E-state index contributed by atoms with van der Waals surface area (Å²) in [5.74, 6) is -6.12. The number of halogens is 5. The van der Waals surface area contributed by atoms with Crippen LogP contribution < -0.4 is 5.73 Å². The second kappa shape index (κ2) is 3.31. The van der Waals surface area contributed by atoms with Gasteiger partial charge in [-0.1, -0.05) is 0 Å². The average Bonchev–Trinajstić information content (AvgIpc) is 1.82. The van der Waals surface area contributed by atoms with Crippen LogP contribution in [0.5, 0.6) is 0 Å². The number of nitrogens with two attached hydrogens (primary N) is 1. The van der Waals surface area contributed by atoms with Crippen LogP contribution in [0, 0.1) is 0 Å². The third-order valence-electron chi connectivity index (χ3n) is 1.08. The molecule has 2 nitrogen and oxygen atoms in total. The highest BCUT2D eigenvalue weighted by Crippen LogP contribution is 2.38. The lowest BCUT2D eigenvalue weighted by atomic mass is 10.2. The van der Waals surface area contributed by atoms with Crippen LogP contribution in [0.2, 0.25) is 0 Å². The minimum atomic E-state index is -5.77. The van der Waals surface area contributed by atoms with Crippen LogP contribution in [0.25, 0.3) is 0 Å². The van der Waals surface area contributed by atoms with Crippen LogP contribution in [0.3, 0.4) is 0 Å². The number of ketones is 1. The quantitative estimate of drug-likeness (QED) is 0.547. The van der Waals surface area contributed by atoms with Crippen molar-refractivity contribution in [1.29, 1.82) is 0 Å². The van der Waals surface area contributed by atoms with Gasteiger partial charge >= 0.3 is 12.1 Å². The van der Waals surface area contributed by atoms with Crippen molar-refractivity contribution in [3.05, 3.63) is 11.8 Å². The highest BCUT2D eigenvalue weighted by atomic mass is 19.4. The van der Waals surface area contributed by atoms with Crippen LogP contribution >= 0.6 is 0 Å². The first-order chi connectivity index (χ1) is 5.59. The van der Waals surface area contributed by atoms with Crippen molar-refractivity contribution in [3.8, 4) is 0 Å². The molecule has 0 bridgehead atoms. The van der Waals surface area contributed by atoms with Gasteiger partial charge in [0.1, 0.15) is 0 Å². The summed E-state index contributed by atoms with van der Waals surface area (Å²) in [5, 5.41) is 0. The van der Waals surface area contributed by atoms with Gasteiger partial charge in [0.15, 0.2) is 5.78 Å². The Hall–Kier alpha value is -1.14. The molecule has 0 spiro atoms. The highest BCUT2D eigenvalue weighted by Gasteiger charge is 2.59. The maximum absolute atomic E-state index is 12.2. The molecule has 0 aromatic rings. The number of allylic oxidation sites excluding steroid dienone is 2. The maximum atomic E-state index is 12.2. The monoisotopic (exact) mass is 203 g/mol. The first-order valence-corrected chi connectivity index (χ1v) is 3.02. The fourth-order valence-corrected chi connectivity index (χ4v) is 0.473.